The molecule has 3 atom stereocenters. The molecule has 18 nitrogen and oxygen atoms in total. The minimum Gasteiger partial charge on any atom is -0.481 e. The van der Waals surface area contributed by atoms with Crippen molar-refractivity contribution in [1.29, 1.82) is 0 Å². The molecule has 0 aliphatic heterocycles. The second kappa shape index (κ2) is 26.6. The van der Waals surface area contributed by atoms with E-state index in [-0.39, 0.29) is 69.0 Å². The molecule has 0 aliphatic carbocycles. The second-order valence-electron chi connectivity index (χ2n) is 9.96. The maximum Gasteiger partial charge on any atom is 0.308 e. The molecule has 0 saturated carbocycles. The lowest BCUT2D eigenvalue weighted by molar-refractivity contribution is -0.141. The standard InChI is InChI=1S/C13H18N4O5S.C12H24N4O3.C3H7NO/c1-7(13(21)22)3-14-10(18)4-15-11(19)5-16-12(20)9-6-23-8(2)17-9;1-3-8(2)16-11(18)6-7-15-12(19)9(13)4-5-10(14)17;1-2-4-3-5/h6-7H,3-5H2,1-2H3,(H,14,18)(H,15,19)(H,16,20)(H,21,22);8-9H,3-7,13H2,1-2H3,(H2,14,17)(H,15,19)(H,16,18);3H,2H2,1H3,(H,4,5). The number of rotatable bonds is 19. The molecule has 3 unspecified atom stereocenters. The smallest absolute Gasteiger partial charge is 0.308 e. The fourth-order valence-corrected chi connectivity index (χ4v) is 3.36. The van der Waals surface area contributed by atoms with Crippen molar-refractivity contribution in [2.45, 2.75) is 72.4 Å². The molecule has 0 fully saturated rings. The van der Waals surface area contributed by atoms with Gasteiger partial charge in [0.25, 0.3) is 5.91 Å². The van der Waals surface area contributed by atoms with Gasteiger partial charge in [-0.25, -0.2) is 4.98 Å². The highest BCUT2D eigenvalue weighted by Gasteiger charge is 2.15. The van der Waals surface area contributed by atoms with Gasteiger partial charge in [0, 0.05) is 43.9 Å². The largest absolute Gasteiger partial charge is 0.481 e. The van der Waals surface area contributed by atoms with Gasteiger partial charge in [0.05, 0.1) is 30.1 Å². The van der Waals surface area contributed by atoms with Gasteiger partial charge in [0.1, 0.15) is 5.69 Å². The summed E-state index contributed by atoms with van der Waals surface area (Å²) in [4.78, 5) is 91.9. The van der Waals surface area contributed by atoms with E-state index in [1.807, 2.05) is 20.8 Å². The zero-order valence-electron chi connectivity index (χ0n) is 27.5. The summed E-state index contributed by atoms with van der Waals surface area (Å²) in [6.45, 7) is 9.33. The van der Waals surface area contributed by atoms with Gasteiger partial charge >= 0.3 is 5.97 Å². The molecule has 266 valence electrons. The molecule has 1 heterocycles. The summed E-state index contributed by atoms with van der Waals surface area (Å²) in [5.41, 5.74) is 10.8. The Labute approximate surface area is 277 Å². The second-order valence-corrected chi connectivity index (χ2v) is 11.0. The highest BCUT2D eigenvalue weighted by atomic mass is 32.1. The summed E-state index contributed by atoms with van der Waals surface area (Å²) in [6, 6.07) is -0.647. The van der Waals surface area contributed by atoms with Crippen LogP contribution in [0.25, 0.3) is 0 Å². The highest BCUT2D eigenvalue weighted by molar-refractivity contribution is 7.09. The molecule has 0 bridgehead atoms. The molecular formula is C28H49N9O9S. The average Bonchev–Trinajstić information content (AvgIpc) is 3.47. The van der Waals surface area contributed by atoms with Crippen LogP contribution < -0.4 is 43.4 Å². The Morgan fingerprint density at radius 1 is 0.957 bits per heavy atom. The molecule has 1 rings (SSSR count). The highest BCUT2D eigenvalue weighted by Crippen LogP contribution is 2.07. The van der Waals surface area contributed by atoms with Crippen LogP contribution in [0.3, 0.4) is 0 Å². The number of carbonyl (C=O) groups is 8. The third-order valence-corrected chi connectivity index (χ3v) is 6.50. The van der Waals surface area contributed by atoms with E-state index in [1.54, 1.807) is 12.3 Å². The predicted octanol–water partition coefficient (Wildman–Crippen LogP) is -2.11. The summed E-state index contributed by atoms with van der Waals surface area (Å²) in [6.07, 6.45) is 2.03. The molecule has 47 heavy (non-hydrogen) atoms. The summed E-state index contributed by atoms with van der Waals surface area (Å²) in [5, 5.41) is 25.8. The molecule has 0 radical (unpaired) electrons. The average molecular weight is 688 g/mol. The lowest BCUT2D eigenvalue weighted by Gasteiger charge is -2.13. The van der Waals surface area contributed by atoms with Crippen molar-refractivity contribution < 1.29 is 43.5 Å². The number of amides is 7. The number of hydrogen-bond donors (Lipinski definition) is 9. The van der Waals surface area contributed by atoms with Crippen LogP contribution in [0.5, 0.6) is 0 Å². The van der Waals surface area contributed by atoms with Crippen LogP contribution in [0, 0.1) is 12.8 Å². The van der Waals surface area contributed by atoms with E-state index in [0.29, 0.717) is 6.41 Å². The minimum absolute atomic E-state index is 0.0239. The van der Waals surface area contributed by atoms with Gasteiger partial charge in [0.15, 0.2) is 0 Å². The minimum atomic E-state index is -1.02. The van der Waals surface area contributed by atoms with Crippen molar-refractivity contribution in [2.24, 2.45) is 17.4 Å². The van der Waals surface area contributed by atoms with Crippen molar-refractivity contribution in [1.82, 2.24) is 36.9 Å². The number of nitrogens with one attached hydrogen (secondary N) is 6. The number of hydrogen-bond acceptors (Lipinski definition) is 11. The summed E-state index contributed by atoms with van der Waals surface area (Å²) in [7, 11) is 0. The van der Waals surface area contributed by atoms with E-state index in [1.165, 1.54) is 18.3 Å². The molecule has 0 saturated heterocycles. The van der Waals surface area contributed by atoms with Gasteiger partial charge in [-0.3, -0.25) is 38.4 Å². The zero-order chi connectivity index (χ0) is 36.4. The van der Waals surface area contributed by atoms with E-state index in [0.717, 1.165) is 18.0 Å². The molecule has 7 amide bonds. The Balaban J connectivity index is 0. The summed E-state index contributed by atoms with van der Waals surface area (Å²) < 4.78 is 0. The summed E-state index contributed by atoms with van der Waals surface area (Å²) in [5.74, 6) is -4.22. The third kappa shape index (κ3) is 25.3. The Morgan fingerprint density at radius 2 is 1.57 bits per heavy atom. The Kier molecular flexibility index (Phi) is 25.1. The van der Waals surface area contributed by atoms with E-state index in [2.05, 4.69) is 36.9 Å². The van der Waals surface area contributed by atoms with Crippen molar-refractivity contribution in [3.63, 3.8) is 0 Å². The van der Waals surface area contributed by atoms with Crippen LogP contribution in [0.4, 0.5) is 0 Å². The van der Waals surface area contributed by atoms with E-state index in [4.69, 9.17) is 16.6 Å². The monoisotopic (exact) mass is 687 g/mol. The quantitative estimate of drug-likeness (QED) is 0.0709. The SMILES string of the molecule is CCC(C)NC(=O)CCNC(=O)C(N)CCC(N)=O.CCNC=O.Cc1nc(C(=O)NCC(=O)NCC(=O)NCC(C)C(=O)O)cs1. The number of carboxylic acids is 1. The van der Waals surface area contributed by atoms with Gasteiger partial charge in [-0.15, -0.1) is 11.3 Å². The zero-order valence-corrected chi connectivity index (χ0v) is 28.3. The number of aryl methyl sites for hydroxylation is 1. The van der Waals surface area contributed by atoms with Crippen molar-refractivity contribution in [3.05, 3.63) is 16.1 Å². The first-order chi connectivity index (χ1) is 22.1. The van der Waals surface area contributed by atoms with Gasteiger partial charge in [-0.2, -0.15) is 0 Å². The van der Waals surface area contributed by atoms with Crippen LogP contribution in [-0.2, 0) is 33.6 Å². The van der Waals surface area contributed by atoms with Crippen molar-refractivity contribution in [3.8, 4) is 0 Å². The molecule has 0 aliphatic rings. The van der Waals surface area contributed by atoms with Crippen LogP contribution in [0.2, 0.25) is 0 Å². The molecule has 1 aromatic rings. The van der Waals surface area contributed by atoms with E-state index >= 15 is 0 Å². The van der Waals surface area contributed by atoms with Crippen molar-refractivity contribution >= 4 is 59.2 Å². The normalized spacial score (nSPS) is 11.7. The number of primary amides is 1. The number of carbonyl (C=O) groups excluding carboxylic acids is 7. The lowest BCUT2D eigenvalue weighted by atomic mass is 10.1. The van der Waals surface area contributed by atoms with Gasteiger partial charge in [-0.05, 0) is 33.6 Å². The Bertz CT molecular complexity index is 1160. The first-order valence-electron chi connectivity index (χ1n) is 14.8. The van der Waals surface area contributed by atoms with E-state index in [9.17, 15) is 38.4 Å². The number of thiazole rings is 1. The van der Waals surface area contributed by atoms with Crippen LogP contribution in [0.15, 0.2) is 5.38 Å². The first-order valence-corrected chi connectivity index (χ1v) is 15.7. The maximum atomic E-state index is 11.7. The molecule has 11 N–H and O–H groups in total. The van der Waals surface area contributed by atoms with Gasteiger partial charge in [-0.1, -0.05) is 13.8 Å². The van der Waals surface area contributed by atoms with Crippen LogP contribution in [0.1, 0.15) is 68.9 Å². The first kappa shape index (κ1) is 44.5. The number of aromatic nitrogens is 1. The number of carboxylic acid groups (broad SMARTS) is 1. The Hall–Kier alpha value is -4.65. The van der Waals surface area contributed by atoms with Crippen LogP contribution >= 0.6 is 11.3 Å². The maximum absolute atomic E-state index is 11.7. The number of aliphatic carboxylic acids is 1. The fraction of sp³-hybridized carbons (Fsp3) is 0.607. The predicted molar refractivity (Wildman–Crippen MR) is 174 cm³/mol. The Morgan fingerprint density at radius 3 is 2.06 bits per heavy atom. The topological polar surface area (TPSA) is 294 Å². The van der Waals surface area contributed by atoms with Gasteiger partial charge in [0.2, 0.25) is 35.9 Å². The molecule has 0 spiro atoms. The molecule has 0 aromatic carbocycles. The van der Waals surface area contributed by atoms with Gasteiger partial charge < -0.3 is 48.5 Å². The van der Waals surface area contributed by atoms with Crippen LogP contribution in [-0.4, -0.2) is 103 Å². The lowest BCUT2D eigenvalue weighted by Crippen LogP contribution is -2.43. The van der Waals surface area contributed by atoms with Crippen molar-refractivity contribution in [2.75, 3.05) is 32.7 Å². The number of nitrogens with zero attached hydrogens (tertiary/aromatic N) is 1. The molecule has 19 heteroatoms. The van der Waals surface area contributed by atoms with E-state index < -0.39 is 41.6 Å². The molecule has 1 aromatic heterocycles. The molecular weight excluding hydrogens is 638 g/mol. The summed E-state index contributed by atoms with van der Waals surface area (Å²) >= 11 is 1.32. The number of nitrogens with two attached hydrogens (primary N) is 2. The fourth-order valence-electron chi connectivity index (χ4n) is 2.77. The third-order valence-electron chi connectivity index (χ3n) is 5.73.